The highest BCUT2D eigenvalue weighted by Gasteiger charge is 2.27. The second-order valence-corrected chi connectivity index (χ2v) is 8.02. The number of para-hydroxylation sites is 1. The lowest BCUT2D eigenvalue weighted by Gasteiger charge is -2.33. The monoisotopic (exact) mass is 439 g/mol. The first kappa shape index (κ1) is 20.7. The standard InChI is InChI=1S/C25H25N7O/c1-2-21(26)31-14-6-7-18(15-31)32-25-22(24(27)28-16-29-25)23(30-32)17-10-12-20(13-11-17)33-19-8-4-3-5-9-19/h2-5,8-13,16,18,26H,1,6-7,14-15H2,(H2,27,28,29). The number of hydrogen-bond acceptors (Lipinski definition) is 6. The molecule has 3 N–H and O–H groups in total. The highest BCUT2D eigenvalue weighted by molar-refractivity contribution is 5.98. The number of nitrogens with one attached hydrogen (secondary N) is 1. The van der Waals surface area contributed by atoms with Gasteiger partial charge in [-0.25, -0.2) is 14.6 Å². The molecule has 33 heavy (non-hydrogen) atoms. The summed E-state index contributed by atoms with van der Waals surface area (Å²) in [5, 5.41) is 13.8. The second kappa shape index (κ2) is 8.74. The average Bonchev–Trinajstić information content (AvgIpc) is 3.26. The van der Waals surface area contributed by atoms with Gasteiger partial charge in [-0.2, -0.15) is 5.10 Å². The molecule has 1 atom stereocenters. The number of nitrogen functional groups attached to an aromatic ring is 1. The zero-order valence-electron chi connectivity index (χ0n) is 18.2. The van der Waals surface area contributed by atoms with Gasteiger partial charge in [0.05, 0.1) is 11.4 Å². The molecule has 0 spiro atoms. The van der Waals surface area contributed by atoms with E-state index in [4.69, 9.17) is 21.0 Å². The normalized spacial score (nSPS) is 16.0. The zero-order chi connectivity index (χ0) is 22.8. The molecular formula is C25H25N7O. The molecule has 8 heteroatoms. The summed E-state index contributed by atoms with van der Waals surface area (Å²) in [5.74, 6) is 2.35. The maximum absolute atomic E-state index is 8.14. The molecule has 0 saturated carbocycles. The number of anilines is 1. The third-order valence-electron chi connectivity index (χ3n) is 5.90. The Kier molecular flexibility index (Phi) is 5.48. The van der Waals surface area contributed by atoms with Crippen LogP contribution in [0.15, 0.2) is 73.6 Å². The minimum atomic E-state index is 0.0743. The number of piperidine rings is 1. The molecule has 4 aromatic rings. The molecule has 3 heterocycles. The second-order valence-electron chi connectivity index (χ2n) is 8.02. The Hall–Kier alpha value is -4.20. The van der Waals surface area contributed by atoms with E-state index in [0.717, 1.165) is 47.5 Å². The third kappa shape index (κ3) is 4.03. The number of ether oxygens (including phenoxy) is 1. The molecule has 2 aromatic heterocycles. The number of benzene rings is 2. The molecule has 1 fully saturated rings. The minimum absolute atomic E-state index is 0.0743. The number of aromatic nitrogens is 4. The van der Waals surface area contributed by atoms with E-state index < -0.39 is 0 Å². The number of likely N-dealkylation sites (tertiary alicyclic amines) is 1. The van der Waals surface area contributed by atoms with Crippen LogP contribution in [0.3, 0.4) is 0 Å². The van der Waals surface area contributed by atoms with Gasteiger partial charge < -0.3 is 15.4 Å². The molecule has 166 valence electrons. The molecule has 2 aromatic carbocycles. The Morgan fingerprint density at radius 1 is 1.09 bits per heavy atom. The van der Waals surface area contributed by atoms with E-state index in [1.807, 2.05) is 64.2 Å². The van der Waals surface area contributed by atoms with Crippen molar-refractivity contribution in [2.24, 2.45) is 0 Å². The first-order chi connectivity index (χ1) is 16.1. The SMILES string of the molecule is C=CC(=N)N1CCCC(n2nc(-c3ccc(Oc4ccccc4)cc3)c3c(N)ncnc32)C1. The van der Waals surface area contributed by atoms with Crippen LogP contribution in [0.4, 0.5) is 5.82 Å². The Bertz CT molecular complexity index is 1300. The van der Waals surface area contributed by atoms with Crippen LogP contribution in [0.1, 0.15) is 18.9 Å². The van der Waals surface area contributed by atoms with E-state index in [1.54, 1.807) is 6.08 Å². The van der Waals surface area contributed by atoms with Crippen LogP contribution < -0.4 is 10.5 Å². The van der Waals surface area contributed by atoms with Crippen molar-refractivity contribution >= 4 is 22.7 Å². The lowest BCUT2D eigenvalue weighted by Crippen LogP contribution is -2.39. The summed E-state index contributed by atoms with van der Waals surface area (Å²) in [6.45, 7) is 5.25. The van der Waals surface area contributed by atoms with E-state index >= 15 is 0 Å². The van der Waals surface area contributed by atoms with Crippen LogP contribution in [0, 0.1) is 5.41 Å². The van der Waals surface area contributed by atoms with Crippen LogP contribution in [0.25, 0.3) is 22.3 Å². The highest BCUT2D eigenvalue weighted by Crippen LogP contribution is 2.34. The van der Waals surface area contributed by atoms with E-state index in [-0.39, 0.29) is 6.04 Å². The van der Waals surface area contributed by atoms with Crippen molar-refractivity contribution in [2.75, 3.05) is 18.8 Å². The number of fused-ring (bicyclic) bond motifs is 1. The Morgan fingerprint density at radius 2 is 1.85 bits per heavy atom. The fourth-order valence-corrected chi connectivity index (χ4v) is 4.26. The van der Waals surface area contributed by atoms with Crippen molar-refractivity contribution in [2.45, 2.75) is 18.9 Å². The van der Waals surface area contributed by atoms with E-state index in [1.165, 1.54) is 6.33 Å². The van der Waals surface area contributed by atoms with Crippen molar-refractivity contribution in [3.63, 3.8) is 0 Å². The van der Waals surface area contributed by atoms with E-state index in [0.29, 0.717) is 23.8 Å². The van der Waals surface area contributed by atoms with Crippen LogP contribution >= 0.6 is 0 Å². The fraction of sp³-hybridized carbons (Fsp3) is 0.200. The molecule has 1 unspecified atom stereocenters. The van der Waals surface area contributed by atoms with Crippen molar-refractivity contribution in [3.05, 3.63) is 73.6 Å². The van der Waals surface area contributed by atoms with Gasteiger partial charge in [0.25, 0.3) is 0 Å². The van der Waals surface area contributed by atoms with Crippen LogP contribution in [0.2, 0.25) is 0 Å². The van der Waals surface area contributed by atoms with Gasteiger partial charge >= 0.3 is 0 Å². The summed E-state index contributed by atoms with van der Waals surface area (Å²) < 4.78 is 7.86. The van der Waals surface area contributed by atoms with Crippen molar-refractivity contribution in [1.82, 2.24) is 24.6 Å². The van der Waals surface area contributed by atoms with Gasteiger partial charge in [-0.3, -0.25) is 5.41 Å². The smallest absolute Gasteiger partial charge is 0.164 e. The molecule has 0 amide bonds. The fourth-order valence-electron chi connectivity index (χ4n) is 4.26. The molecular weight excluding hydrogens is 414 g/mol. The summed E-state index contributed by atoms with van der Waals surface area (Å²) in [6.07, 6.45) is 4.96. The van der Waals surface area contributed by atoms with Gasteiger partial charge in [-0.1, -0.05) is 24.8 Å². The van der Waals surface area contributed by atoms with Gasteiger partial charge in [-0.15, -0.1) is 0 Å². The molecule has 5 rings (SSSR count). The summed E-state index contributed by atoms with van der Waals surface area (Å²) in [7, 11) is 0. The number of amidine groups is 1. The van der Waals surface area contributed by atoms with Gasteiger partial charge in [0, 0.05) is 18.7 Å². The van der Waals surface area contributed by atoms with Crippen molar-refractivity contribution in [3.8, 4) is 22.8 Å². The van der Waals surface area contributed by atoms with Crippen molar-refractivity contribution in [1.29, 1.82) is 5.41 Å². The molecule has 0 radical (unpaired) electrons. The Balaban J connectivity index is 1.50. The maximum atomic E-state index is 8.14. The predicted molar refractivity (Wildman–Crippen MR) is 129 cm³/mol. The third-order valence-corrected chi connectivity index (χ3v) is 5.90. The first-order valence-electron chi connectivity index (χ1n) is 10.9. The Morgan fingerprint density at radius 3 is 2.61 bits per heavy atom. The number of nitrogens with zero attached hydrogens (tertiary/aromatic N) is 5. The highest BCUT2D eigenvalue weighted by atomic mass is 16.5. The van der Waals surface area contributed by atoms with Gasteiger partial charge in [-0.05, 0) is 55.3 Å². The summed E-state index contributed by atoms with van der Waals surface area (Å²) in [5.41, 5.74) is 8.64. The molecule has 1 aliphatic heterocycles. The molecule has 1 saturated heterocycles. The molecule has 8 nitrogen and oxygen atoms in total. The number of nitrogens with two attached hydrogens (primary N) is 1. The Labute approximate surface area is 191 Å². The quantitative estimate of drug-likeness (QED) is 0.346. The average molecular weight is 440 g/mol. The number of rotatable bonds is 5. The van der Waals surface area contributed by atoms with Crippen LogP contribution in [-0.2, 0) is 0 Å². The largest absolute Gasteiger partial charge is 0.457 e. The van der Waals surface area contributed by atoms with Crippen LogP contribution in [-0.4, -0.2) is 43.6 Å². The minimum Gasteiger partial charge on any atom is -0.457 e. The van der Waals surface area contributed by atoms with Crippen molar-refractivity contribution < 1.29 is 4.74 Å². The van der Waals surface area contributed by atoms with Crippen LogP contribution in [0.5, 0.6) is 11.5 Å². The first-order valence-corrected chi connectivity index (χ1v) is 10.9. The summed E-state index contributed by atoms with van der Waals surface area (Å²) in [4.78, 5) is 10.8. The van der Waals surface area contributed by atoms with E-state index in [9.17, 15) is 0 Å². The molecule has 0 aliphatic carbocycles. The lowest BCUT2D eigenvalue weighted by molar-refractivity contribution is 0.250. The topological polar surface area (TPSA) is 106 Å². The number of hydrogen-bond donors (Lipinski definition) is 2. The van der Waals surface area contributed by atoms with Gasteiger partial charge in [0.15, 0.2) is 5.65 Å². The van der Waals surface area contributed by atoms with Gasteiger partial charge in [0.1, 0.15) is 35.2 Å². The predicted octanol–water partition coefficient (Wildman–Crippen LogP) is 4.67. The molecule has 1 aliphatic rings. The zero-order valence-corrected chi connectivity index (χ0v) is 18.2. The maximum Gasteiger partial charge on any atom is 0.164 e. The summed E-state index contributed by atoms with van der Waals surface area (Å²) in [6, 6.07) is 17.5. The summed E-state index contributed by atoms with van der Waals surface area (Å²) >= 11 is 0. The van der Waals surface area contributed by atoms with Gasteiger partial charge in [0.2, 0.25) is 0 Å². The van der Waals surface area contributed by atoms with E-state index in [2.05, 4.69) is 16.5 Å². The lowest BCUT2D eigenvalue weighted by atomic mass is 10.1. The molecule has 0 bridgehead atoms.